The second-order valence-corrected chi connectivity index (χ2v) is 7.78. The molecule has 0 saturated carbocycles. The molecule has 30 heavy (non-hydrogen) atoms. The number of anilines is 1. The monoisotopic (exact) mass is 425 g/mol. The summed E-state index contributed by atoms with van der Waals surface area (Å²) < 4.78 is 5.47. The topological polar surface area (TPSA) is 83.3 Å². The van der Waals surface area contributed by atoms with E-state index in [1.165, 1.54) is 0 Å². The van der Waals surface area contributed by atoms with E-state index in [0.29, 0.717) is 29.8 Å². The molecule has 2 N–H and O–H groups in total. The fourth-order valence-corrected chi connectivity index (χ4v) is 3.83. The lowest BCUT2D eigenvalue weighted by Gasteiger charge is -2.34. The zero-order valence-corrected chi connectivity index (χ0v) is 17.3. The zero-order valence-electron chi connectivity index (χ0n) is 16.6. The fraction of sp³-hybridized carbons (Fsp3) is 0.318. The minimum Gasteiger partial charge on any atom is -0.338 e. The van der Waals surface area contributed by atoms with Crippen molar-refractivity contribution in [3.8, 4) is 11.4 Å². The number of hydrogen-bond donors (Lipinski definition) is 2. The standard InChI is InChI=1S/C22H24ClN5O2/c23-17-8-6-7-16(13-17)21-26-20(30-27-21)15-28-12-5-4-11-19(28)14-24-22(29)25-18-9-2-1-3-10-18/h1-3,6-10,13,19H,4-5,11-12,14-15H2,(H2,24,25,29). The van der Waals surface area contributed by atoms with E-state index in [-0.39, 0.29) is 12.1 Å². The third-order valence-corrected chi connectivity index (χ3v) is 5.40. The molecular weight excluding hydrogens is 402 g/mol. The van der Waals surface area contributed by atoms with Gasteiger partial charge >= 0.3 is 6.03 Å². The van der Waals surface area contributed by atoms with Crippen LogP contribution in [0.4, 0.5) is 10.5 Å². The van der Waals surface area contributed by atoms with Gasteiger partial charge in [0.2, 0.25) is 11.7 Å². The lowest BCUT2D eigenvalue weighted by Crippen LogP contribution is -2.47. The lowest BCUT2D eigenvalue weighted by molar-refractivity contribution is 0.123. The Morgan fingerprint density at radius 3 is 2.87 bits per heavy atom. The number of piperidine rings is 1. The number of nitrogens with zero attached hydrogens (tertiary/aromatic N) is 3. The van der Waals surface area contributed by atoms with Gasteiger partial charge in [0.1, 0.15) is 0 Å². The second-order valence-electron chi connectivity index (χ2n) is 7.34. The number of aromatic nitrogens is 2. The van der Waals surface area contributed by atoms with Crippen LogP contribution >= 0.6 is 11.6 Å². The van der Waals surface area contributed by atoms with Crippen molar-refractivity contribution in [3.05, 3.63) is 65.5 Å². The Labute approximate surface area is 180 Å². The maximum absolute atomic E-state index is 12.2. The first-order valence-electron chi connectivity index (χ1n) is 10.1. The van der Waals surface area contributed by atoms with Gasteiger partial charge in [0.25, 0.3) is 0 Å². The van der Waals surface area contributed by atoms with Crippen LogP contribution in [0, 0.1) is 0 Å². The molecule has 1 aliphatic heterocycles. The van der Waals surface area contributed by atoms with Gasteiger partial charge in [-0.2, -0.15) is 4.98 Å². The average Bonchev–Trinajstić information content (AvgIpc) is 3.22. The van der Waals surface area contributed by atoms with Gasteiger partial charge in [0.15, 0.2) is 0 Å². The number of amides is 2. The number of urea groups is 1. The molecule has 2 aromatic carbocycles. The van der Waals surface area contributed by atoms with Gasteiger partial charge in [-0.1, -0.05) is 53.5 Å². The predicted molar refractivity (Wildman–Crippen MR) is 116 cm³/mol. The van der Waals surface area contributed by atoms with Crippen LogP contribution in [0.25, 0.3) is 11.4 Å². The highest BCUT2D eigenvalue weighted by Gasteiger charge is 2.25. The molecule has 7 nitrogen and oxygen atoms in total. The minimum atomic E-state index is -0.201. The Morgan fingerprint density at radius 1 is 1.17 bits per heavy atom. The SMILES string of the molecule is O=C(NCC1CCCCN1Cc1nc(-c2cccc(Cl)c2)no1)Nc1ccccc1. The summed E-state index contributed by atoms with van der Waals surface area (Å²) in [5, 5.41) is 10.6. The molecule has 0 bridgehead atoms. The summed E-state index contributed by atoms with van der Waals surface area (Å²) in [6.45, 7) is 2.05. The number of halogens is 1. The molecule has 1 aliphatic rings. The number of hydrogen-bond acceptors (Lipinski definition) is 5. The second kappa shape index (κ2) is 9.73. The molecule has 1 fully saturated rings. The molecule has 3 aromatic rings. The smallest absolute Gasteiger partial charge is 0.319 e. The molecule has 1 unspecified atom stereocenters. The van der Waals surface area contributed by atoms with Gasteiger partial charge in [-0.25, -0.2) is 4.79 Å². The summed E-state index contributed by atoms with van der Waals surface area (Å²) in [5.41, 5.74) is 1.60. The van der Waals surface area contributed by atoms with Crippen LogP contribution in [0.1, 0.15) is 25.2 Å². The number of para-hydroxylation sites is 1. The van der Waals surface area contributed by atoms with Gasteiger partial charge in [-0.15, -0.1) is 0 Å². The number of rotatable bonds is 6. The van der Waals surface area contributed by atoms with Gasteiger partial charge in [0, 0.05) is 28.9 Å². The summed E-state index contributed by atoms with van der Waals surface area (Å²) >= 11 is 6.05. The fourth-order valence-electron chi connectivity index (χ4n) is 3.64. The molecule has 156 valence electrons. The van der Waals surface area contributed by atoms with E-state index in [0.717, 1.165) is 37.1 Å². The Balaban J connectivity index is 1.34. The van der Waals surface area contributed by atoms with Gasteiger partial charge in [-0.05, 0) is 43.7 Å². The van der Waals surface area contributed by atoms with Crippen LogP contribution < -0.4 is 10.6 Å². The van der Waals surface area contributed by atoms with Crippen LogP contribution in [-0.2, 0) is 6.54 Å². The minimum absolute atomic E-state index is 0.201. The van der Waals surface area contributed by atoms with E-state index in [4.69, 9.17) is 16.1 Å². The van der Waals surface area contributed by atoms with E-state index in [2.05, 4.69) is 25.7 Å². The maximum Gasteiger partial charge on any atom is 0.319 e. The first-order chi connectivity index (χ1) is 14.7. The van der Waals surface area contributed by atoms with Crippen molar-refractivity contribution < 1.29 is 9.32 Å². The molecule has 2 amide bonds. The van der Waals surface area contributed by atoms with Crippen molar-refractivity contribution in [2.24, 2.45) is 0 Å². The molecule has 2 heterocycles. The largest absolute Gasteiger partial charge is 0.338 e. The highest BCUT2D eigenvalue weighted by Crippen LogP contribution is 2.22. The summed E-state index contributed by atoms with van der Waals surface area (Å²) in [4.78, 5) is 19.0. The van der Waals surface area contributed by atoms with Crippen LogP contribution in [0.15, 0.2) is 59.1 Å². The lowest BCUT2D eigenvalue weighted by atomic mass is 10.0. The van der Waals surface area contributed by atoms with E-state index in [1.807, 2.05) is 54.6 Å². The quantitative estimate of drug-likeness (QED) is 0.604. The number of carbonyl (C=O) groups excluding carboxylic acids is 1. The number of likely N-dealkylation sites (tertiary alicyclic amines) is 1. The first kappa shape index (κ1) is 20.4. The number of nitrogens with one attached hydrogen (secondary N) is 2. The highest BCUT2D eigenvalue weighted by molar-refractivity contribution is 6.30. The van der Waals surface area contributed by atoms with E-state index >= 15 is 0 Å². The summed E-state index contributed by atoms with van der Waals surface area (Å²) in [6.07, 6.45) is 3.27. The van der Waals surface area contributed by atoms with Crippen molar-refractivity contribution in [3.63, 3.8) is 0 Å². The Kier molecular flexibility index (Phi) is 6.61. The number of benzene rings is 2. The molecule has 1 atom stereocenters. The summed E-state index contributed by atoms with van der Waals surface area (Å²) in [5.74, 6) is 1.09. The molecule has 0 aliphatic carbocycles. The van der Waals surface area contributed by atoms with Crippen molar-refractivity contribution in [1.82, 2.24) is 20.4 Å². The van der Waals surface area contributed by atoms with Gasteiger partial charge in [0.05, 0.1) is 6.54 Å². The van der Waals surface area contributed by atoms with Crippen LogP contribution in [0.5, 0.6) is 0 Å². The summed E-state index contributed by atoms with van der Waals surface area (Å²) in [7, 11) is 0. The normalized spacial score (nSPS) is 16.9. The molecule has 1 saturated heterocycles. The third kappa shape index (κ3) is 5.37. The van der Waals surface area contributed by atoms with Gasteiger partial charge in [-0.3, -0.25) is 4.90 Å². The molecule has 1 aromatic heterocycles. The van der Waals surface area contributed by atoms with Crippen molar-refractivity contribution in [2.75, 3.05) is 18.4 Å². The molecule has 8 heteroatoms. The van der Waals surface area contributed by atoms with E-state index in [9.17, 15) is 4.79 Å². The van der Waals surface area contributed by atoms with E-state index < -0.39 is 0 Å². The summed E-state index contributed by atoms with van der Waals surface area (Å²) in [6, 6.07) is 16.8. The van der Waals surface area contributed by atoms with Gasteiger partial charge < -0.3 is 15.2 Å². The zero-order chi connectivity index (χ0) is 20.8. The Bertz CT molecular complexity index is 978. The maximum atomic E-state index is 12.2. The van der Waals surface area contributed by atoms with Crippen LogP contribution in [0.2, 0.25) is 5.02 Å². The van der Waals surface area contributed by atoms with Crippen molar-refractivity contribution in [2.45, 2.75) is 31.8 Å². The van der Waals surface area contributed by atoms with E-state index in [1.54, 1.807) is 0 Å². The highest BCUT2D eigenvalue weighted by atomic mass is 35.5. The predicted octanol–water partition coefficient (Wildman–Crippen LogP) is 4.57. The molecule has 4 rings (SSSR count). The molecule has 0 radical (unpaired) electrons. The molecule has 0 spiro atoms. The first-order valence-corrected chi connectivity index (χ1v) is 10.5. The molecular formula is C22H24ClN5O2. The third-order valence-electron chi connectivity index (χ3n) is 5.17. The van der Waals surface area contributed by atoms with Crippen molar-refractivity contribution in [1.29, 1.82) is 0 Å². The van der Waals surface area contributed by atoms with Crippen molar-refractivity contribution >= 4 is 23.3 Å². The number of carbonyl (C=O) groups is 1. The van der Waals surface area contributed by atoms with Crippen LogP contribution in [-0.4, -0.2) is 40.2 Å². The Morgan fingerprint density at radius 2 is 2.03 bits per heavy atom. The van der Waals surface area contributed by atoms with Crippen LogP contribution in [0.3, 0.4) is 0 Å². The Hall–Kier alpha value is -2.90. The average molecular weight is 426 g/mol.